The van der Waals surface area contributed by atoms with Gasteiger partial charge in [-0.3, -0.25) is 14.4 Å². The van der Waals surface area contributed by atoms with Crippen LogP contribution in [0.15, 0.2) is 73.1 Å². The first-order valence-corrected chi connectivity index (χ1v) is 17.8. The summed E-state index contributed by atoms with van der Waals surface area (Å²) in [5, 5.41) is 14.8. The smallest absolute Gasteiger partial charge is 0.305 e. The van der Waals surface area contributed by atoms with Crippen LogP contribution in [0.2, 0.25) is 0 Å². The summed E-state index contributed by atoms with van der Waals surface area (Å²) in [6.45, 7) is 10.8. The molecule has 3 N–H and O–H groups in total. The maximum atomic E-state index is 13.3. The quantitative estimate of drug-likeness (QED) is 0.0966. The Labute approximate surface area is 293 Å². The standard InChI is InChI=1S/C39H48N4O5S/c1-6-7-8-9-10-21-48-31-17-15-28(16-18-31)30-24-40-36(41-25-30)29-13-11-27(12-14-29)23-32(37(46)42-26(2)22-35(44)45)43-38(47)33-19-20-34(49-33)39(3,4)5/h11-20,24-26,32H,6-10,21-23H2,1-5H3,(H,42,46)(H,43,47)(H,44,45)/t26-,32-/m0/s1. The van der Waals surface area contributed by atoms with Gasteiger partial charge in [0.05, 0.1) is 17.9 Å². The fraction of sp³-hybridized carbons (Fsp3) is 0.410. The zero-order chi connectivity index (χ0) is 35.4. The number of nitrogens with one attached hydrogen (secondary N) is 2. The van der Waals surface area contributed by atoms with Crippen LogP contribution in [-0.4, -0.2) is 51.5 Å². The number of hydrogen-bond acceptors (Lipinski definition) is 7. The molecule has 0 saturated heterocycles. The second-order valence-corrected chi connectivity index (χ2v) is 14.5. The van der Waals surface area contributed by atoms with Crippen LogP contribution in [0.3, 0.4) is 0 Å². The highest BCUT2D eigenvalue weighted by atomic mass is 32.1. The van der Waals surface area contributed by atoms with Crippen LogP contribution in [0.1, 0.15) is 93.3 Å². The molecule has 0 saturated carbocycles. The van der Waals surface area contributed by atoms with Crippen molar-refractivity contribution in [3.63, 3.8) is 0 Å². The number of carboxylic acids is 1. The summed E-state index contributed by atoms with van der Waals surface area (Å²) in [6.07, 6.45) is 9.60. The molecule has 0 aliphatic carbocycles. The minimum absolute atomic E-state index is 0.105. The van der Waals surface area contributed by atoms with Gasteiger partial charge in [0.15, 0.2) is 5.82 Å². The number of aromatic nitrogens is 2. The van der Waals surface area contributed by atoms with Gasteiger partial charge >= 0.3 is 5.97 Å². The van der Waals surface area contributed by atoms with E-state index in [-0.39, 0.29) is 24.2 Å². The average Bonchev–Trinajstić information content (AvgIpc) is 3.58. The van der Waals surface area contributed by atoms with E-state index in [1.165, 1.54) is 37.0 Å². The van der Waals surface area contributed by atoms with Gasteiger partial charge in [0.25, 0.3) is 5.91 Å². The summed E-state index contributed by atoms with van der Waals surface area (Å²) >= 11 is 1.39. The summed E-state index contributed by atoms with van der Waals surface area (Å²) in [5.74, 6) is -0.391. The number of hydrogen-bond donors (Lipinski definition) is 3. The Morgan fingerprint density at radius 1 is 0.837 bits per heavy atom. The van der Waals surface area contributed by atoms with E-state index in [1.807, 2.05) is 54.6 Å². The molecule has 10 heteroatoms. The lowest BCUT2D eigenvalue weighted by Crippen LogP contribution is -2.50. The maximum absolute atomic E-state index is 13.3. The highest BCUT2D eigenvalue weighted by molar-refractivity contribution is 7.14. The molecule has 0 bridgehead atoms. The number of nitrogens with zero attached hydrogens (tertiary/aromatic N) is 2. The molecule has 0 spiro atoms. The number of benzene rings is 2. The van der Waals surface area contributed by atoms with Crippen molar-refractivity contribution in [3.05, 3.63) is 88.4 Å². The number of thiophene rings is 1. The average molecular weight is 685 g/mol. The Hall–Kier alpha value is -4.57. The number of carboxylic acid groups (broad SMARTS) is 1. The van der Waals surface area contributed by atoms with Crippen molar-refractivity contribution < 1.29 is 24.2 Å². The molecule has 9 nitrogen and oxygen atoms in total. The zero-order valence-electron chi connectivity index (χ0n) is 29.1. The normalized spacial score (nSPS) is 12.6. The summed E-state index contributed by atoms with van der Waals surface area (Å²) in [6, 6.07) is 17.7. The second kappa shape index (κ2) is 17.7. The van der Waals surface area contributed by atoms with E-state index in [9.17, 15) is 14.4 Å². The number of carbonyl (C=O) groups is 3. The van der Waals surface area contributed by atoms with Crippen LogP contribution in [0.4, 0.5) is 0 Å². The third-order valence-electron chi connectivity index (χ3n) is 8.07. The molecule has 2 aromatic carbocycles. The van der Waals surface area contributed by atoms with Crippen LogP contribution >= 0.6 is 11.3 Å². The molecular weight excluding hydrogens is 637 g/mol. The molecule has 2 heterocycles. The molecule has 49 heavy (non-hydrogen) atoms. The van der Waals surface area contributed by atoms with E-state index in [0.717, 1.165) is 45.9 Å². The minimum Gasteiger partial charge on any atom is -0.494 e. The molecule has 2 aromatic heterocycles. The molecule has 4 rings (SSSR count). The highest BCUT2D eigenvalue weighted by Gasteiger charge is 2.26. The summed E-state index contributed by atoms with van der Waals surface area (Å²) < 4.78 is 5.89. The van der Waals surface area contributed by atoms with Gasteiger partial charge in [-0.15, -0.1) is 11.3 Å². The largest absolute Gasteiger partial charge is 0.494 e. The molecular formula is C39H48N4O5S. The fourth-order valence-electron chi connectivity index (χ4n) is 5.25. The number of ether oxygens (including phenoxy) is 1. The van der Waals surface area contributed by atoms with Gasteiger partial charge in [-0.05, 0) is 54.2 Å². The first kappa shape index (κ1) is 37.3. The number of amides is 2. The van der Waals surface area contributed by atoms with Gasteiger partial charge in [-0.2, -0.15) is 0 Å². The maximum Gasteiger partial charge on any atom is 0.305 e. The third-order valence-corrected chi connectivity index (χ3v) is 9.58. The van der Waals surface area contributed by atoms with Gasteiger partial charge in [0, 0.05) is 40.9 Å². The molecule has 2 atom stereocenters. The molecule has 260 valence electrons. The number of unbranched alkanes of at least 4 members (excludes halogenated alkanes) is 4. The Morgan fingerprint density at radius 2 is 1.49 bits per heavy atom. The van der Waals surface area contributed by atoms with Crippen LogP contribution in [0, 0.1) is 0 Å². The number of aliphatic carboxylic acids is 1. The van der Waals surface area contributed by atoms with Crippen molar-refractivity contribution in [3.8, 4) is 28.3 Å². The van der Waals surface area contributed by atoms with Crippen molar-refractivity contribution in [2.75, 3.05) is 6.61 Å². The molecule has 2 amide bonds. The SMILES string of the molecule is CCCCCCCOc1ccc(-c2cnc(-c3ccc(C[C@H](NC(=O)c4ccc(C(C)(C)C)s4)C(=O)N[C@@H](C)CC(=O)O)cc3)nc2)cc1. The summed E-state index contributed by atoms with van der Waals surface area (Å²) in [5.41, 5.74) is 3.42. The second-order valence-electron chi connectivity index (χ2n) is 13.4. The molecule has 0 aliphatic heterocycles. The molecule has 0 radical (unpaired) electrons. The van der Waals surface area contributed by atoms with Gasteiger partial charge in [-0.25, -0.2) is 9.97 Å². The highest BCUT2D eigenvalue weighted by Crippen LogP contribution is 2.29. The van der Waals surface area contributed by atoms with Crippen LogP contribution in [0.25, 0.3) is 22.5 Å². The Bertz CT molecular complexity index is 1660. The van der Waals surface area contributed by atoms with E-state index >= 15 is 0 Å². The summed E-state index contributed by atoms with van der Waals surface area (Å²) in [4.78, 5) is 48.4. The Morgan fingerprint density at radius 3 is 2.10 bits per heavy atom. The lowest BCUT2D eigenvalue weighted by molar-refractivity contribution is -0.137. The first-order chi connectivity index (χ1) is 23.4. The van der Waals surface area contributed by atoms with Crippen molar-refractivity contribution >= 4 is 29.1 Å². The Kier molecular flexibility index (Phi) is 13.5. The first-order valence-electron chi connectivity index (χ1n) is 17.0. The van der Waals surface area contributed by atoms with E-state index in [1.54, 1.807) is 25.4 Å². The molecule has 0 aliphatic rings. The topological polar surface area (TPSA) is 131 Å². The Balaban J connectivity index is 1.40. The van der Waals surface area contributed by atoms with Crippen molar-refractivity contribution in [2.45, 2.75) is 97.1 Å². The molecule has 4 aromatic rings. The number of carbonyl (C=O) groups excluding carboxylic acids is 2. The lowest BCUT2D eigenvalue weighted by atomic mass is 9.95. The lowest BCUT2D eigenvalue weighted by Gasteiger charge is -2.21. The van der Waals surface area contributed by atoms with Crippen LogP contribution in [-0.2, 0) is 21.4 Å². The van der Waals surface area contributed by atoms with Gasteiger partial charge in [0.1, 0.15) is 11.8 Å². The minimum atomic E-state index is -1.01. The van der Waals surface area contributed by atoms with Crippen molar-refractivity contribution in [1.29, 1.82) is 0 Å². The third kappa shape index (κ3) is 11.5. The molecule has 0 unspecified atom stereocenters. The van der Waals surface area contributed by atoms with E-state index in [2.05, 4.69) is 48.3 Å². The molecule has 0 fully saturated rings. The predicted molar refractivity (Wildman–Crippen MR) is 195 cm³/mol. The van der Waals surface area contributed by atoms with Gasteiger partial charge in [0.2, 0.25) is 5.91 Å². The fourth-order valence-corrected chi connectivity index (χ4v) is 6.22. The zero-order valence-corrected chi connectivity index (χ0v) is 29.9. The van der Waals surface area contributed by atoms with Crippen LogP contribution in [0.5, 0.6) is 5.75 Å². The number of rotatable bonds is 17. The van der Waals surface area contributed by atoms with E-state index in [0.29, 0.717) is 10.7 Å². The predicted octanol–water partition coefficient (Wildman–Crippen LogP) is 7.84. The van der Waals surface area contributed by atoms with Gasteiger partial charge in [-0.1, -0.05) is 89.8 Å². The van der Waals surface area contributed by atoms with Crippen molar-refractivity contribution in [1.82, 2.24) is 20.6 Å². The van der Waals surface area contributed by atoms with Crippen molar-refractivity contribution in [2.24, 2.45) is 0 Å². The summed E-state index contributed by atoms with van der Waals surface area (Å²) in [7, 11) is 0. The monoisotopic (exact) mass is 684 g/mol. The van der Waals surface area contributed by atoms with Crippen LogP contribution < -0.4 is 15.4 Å². The van der Waals surface area contributed by atoms with Gasteiger partial charge < -0.3 is 20.5 Å². The van der Waals surface area contributed by atoms with E-state index in [4.69, 9.17) is 9.84 Å². The van der Waals surface area contributed by atoms with E-state index < -0.39 is 24.0 Å².